The Morgan fingerprint density at radius 2 is 1.94 bits per heavy atom. The number of carboxylic acids is 1. The van der Waals surface area contributed by atoms with Gasteiger partial charge >= 0.3 is 5.97 Å². The molecule has 0 saturated heterocycles. The van der Waals surface area contributed by atoms with Gasteiger partial charge in [-0.2, -0.15) is 0 Å². The molecule has 0 aliphatic carbocycles. The number of rotatable bonds is 7. The van der Waals surface area contributed by atoms with E-state index in [1.54, 1.807) is 18.9 Å². The van der Waals surface area contributed by atoms with E-state index >= 15 is 0 Å². The van der Waals surface area contributed by atoms with Gasteiger partial charge in [-0.25, -0.2) is 0 Å². The van der Waals surface area contributed by atoms with Crippen LogP contribution in [0.1, 0.15) is 27.7 Å². The average molecular weight is 260 g/mol. The fraction of sp³-hybridized carbons (Fsp3) is 0.833. The minimum atomic E-state index is -0.957. The van der Waals surface area contributed by atoms with Crippen LogP contribution in [0.15, 0.2) is 0 Å². The summed E-state index contributed by atoms with van der Waals surface area (Å²) in [4.78, 5) is 24.3. The molecule has 2 N–H and O–H groups in total. The van der Waals surface area contributed by atoms with Crippen LogP contribution in [-0.4, -0.2) is 60.3 Å². The average Bonchev–Trinajstić information content (AvgIpc) is 2.20. The molecule has 1 amide bonds. The minimum absolute atomic E-state index is 0.178. The number of nitrogens with one attached hydrogen (secondary N) is 1. The second kappa shape index (κ2) is 7.33. The number of hydrogen-bond donors (Lipinski definition) is 2. The predicted molar refractivity (Wildman–Crippen MR) is 68.4 cm³/mol. The maximum Gasteiger partial charge on any atom is 0.317 e. The molecule has 0 heterocycles. The predicted octanol–water partition coefficient (Wildman–Crippen LogP) is 0.323. The summed E-state index contributed by atoms with van der Waals surface area (Å²) in [6.45, 7) is 7.96. The lowest BCUT2D eigenvalue weighted by Gasteiger charge is -2.29. The number of aliphatic carboxylic acids is 1. The molecule has 0 spiro atoms. The van der Waals surface area contributed by atoms with Gasteiger partial charge in [-0.1, -0.05) is 0 Å². The third-order valence-electron chi connectivity index (χ3n) is 2.35. The molecule has 1 unspecified atom stereocenters. The van der Waals surface area contributed by atoms with Gasteiger partial charge in [0.1, 0.15) is 0 Å². The molecule has 0 aromatic heterocycles. The number of hydrogen-bond acceptors (Lipinski definition) is 4. The van der Waals surface area contributed by atoms with Gasteiger partial charge in [-0.15, -0.1) is 0 Å². The van der Waals surface area contributed by atoms with E-state index in [1.807, 2.05) is 20.8 Å². The van der Waals surface area contributed by atoms with E-state index in [2.05, 4.69) is 5.32 Å². The van der Waals surface area contributed by atoms with Crippen molar-refractivity contribution in [1.82, 2.24) is 10.2 Å². The van der Waals surface area contributed by atoms with E-state index in [1.165, 1.54) is 0 Å². The van der Waals surface area contributed by atoms with E-state index in [0.29, 0.717) is 13.2 Å². The first-order valence-electron chi connectivity index (χ1n) is 5.94. The Balaban J connectivity index is 4.56. The highest BCUT2D eigenvalue weighted by atomic mass is 16.5. The van der Waals surface area contributed by atoms with Gasteiger partial charge < -0.3 is 15.2 Å². The van der Waals surface area contributed by atoms with Gasteiger partial charge in [0.05, 0.1) is 19.2 Å². The Bertz CT molecular complexity index is 286. The van der Waals surface area contributed by atoms with E-state index in [9.17, 15) is 9.59 Å². The molecule has 1 atom stereocenters. The molecule has 0 aromatic carbocycles. The number of methoxy groups -OCH3 is 1. The summed E-state index contributed by atoms with van der Waals surface area (Å²) < 4.78 is 4.92. The van der Waals surface area contributed by atoms with Crippen molar-refractivity contribution >= 4 is 11.9 Å². The Hall–Kier alpha value is -1.14. The van der Waals surface area contributed by atoms with E-state index in [0.717, 1.165) is 0 Å². The third kappa shape index (κ3) is 7.24. The van der Waals surface area contributed by atoms with Crippen molar-refractivity contribution in [2.45, 2.75) is 39.3 Å². The van der Waals surface area contributed by atoms with Crippen LogP contribution >= 0.6 is 0 Å². The highest BCUT2D eigenvalue weighted by molar-refractivity contribution is 5.82. The normalized spacial score (nSPS) is 13.4. The molecule has 0 aliphatic heterocycles. The van der Waals surface area contributed by atoms with E-state index in [-0.39, 0.29) is 18.0 Å². The highest BCUT2D eigenvalue weighted by Crippen LogP contribution is 2.04. The highest BCUT2D eigenvalue weighted by Gasteiger charge is 2.25. The summed E-state index contributed by atoms with van der Waals surface area (Å²) >= 11 is 0. The molecular formula is C12H24N2O4. The second-order valence-corrected chi connectivity index (χ2v) is 5.27. The van der Waals surface area contributed by atoms with Crippen LogP contribution in [0.5, 0.6) is 0 Å². The van der Waals surface area contributed by atoms with Crippen molar-refractivity contribution in [3.05, 3.63) is 0 Å². The van der Waals surface area contributed by atoms with Crippen molar-refractivity contribution in [2.24, 2.45) is 0 Å². The van der Waals surface area contributed by atoms with Gasteiger partial charge in [0.2, 0.25) is 5.91 Å². The Labute approximate surface area is 108 Å². The first-order valence-corrected chi connectivity index (χ1v) is 5.94. The monoisotopic (exact) mass is 260 g/mol. The zero-order valence-electron chi connectivity index (χ0n) is 11.8. The SMILES string of the molecule is COCCN(CC(=O)O)C(C)C(=O)NC(C)(C)C. The number of carbonyl (C=O) groups excluding carboxylic acids is 1. The molecule has 0 saturated carbocycles. The van der Waals surface area contributed by atoms with Crippen molar-refractivity contribution < 1.29 is 19.4 Å². The standard InChI is InChI=1S/C12H24N2O4/c1-9(11(17)13-12(2,3)4)14(6-7-18-5)8-10(15)16/h9H,6-8H2,1-5H3,(H,13,17)(H,15,16). The topological polar surface area (TPSA) is 78.9 Å². The summed E-state index contributed by atoms with van der Waals surface area (Å²) in [6, 6.07) is -0.504. The fourth-order valence-electron chi connectivity index (χ4n) is 1.43. The smallest absolute Gasteiger partial charge is 0.317 e. The lowest BCUT2D eigenvalue weighted by atomic mass is 10.1. The lowest BCUT2D eigenvalue weighted by molar-refractivity contribution is -0.140. The summed E-state index contributed by atoms with van der Waals surface area (Å²) in [7, 11) is 1.54. The van der Waals surface area contributed by atoms with E-state index < -0.39 is 12.0 Å². The molecule has 18 heavy (non-hydrogen) atoms. The van der Waals surface area contributed by atoms with E-state index in [4.69, 9.17) is 9.84 Å². The molecule has 106 valence electrons. The van der Waals surface area contributed by atoms with Crippen molar-refractivity contribution in [1.29, 1.82) is 0 Å². The molecule has 0 aliphatic rings. The minimum Gasteiger partial charge on any atom is -0.480 e. The van der Waals surface area contributed by atoms with Crippen LogP contribution in [0.2, 0.25) is 0 Å². The number of carbonyl (C=O) groups is 2. The van der Waals surface area contributed by atoms with Crippen LogP contribution in [0.25, 0.3) is 0 Å². The summed E-state index contributed by atoms with van der Waals surface area (Å²) in [6.07, 6.45) is 0. The molecule has 6 nitrogen and oxygen atoms in total. The van der Waals surface area contributed by atoms with Crippen LogP contribution in [0, 0.1) is 0 Å². The summed E-state index contributed by atoms with van der Waals surface area (Å²) in [5.41, 5.74) is -0.332. The van der Waals surface area contributed by atoms with Crippen LogP contribution in [-0.2, 0) is 14.3 Å². The first kappa shape index (κ1) is 16.9. The van der Waals surface area contributed by atoms with Crippen molar-refractivity contribution in [3.63, 3.8) is 0 Å². The van der Waals surface area contributed by atoms with Crippen LogP contribution in [0.4, 0.5) is 0 Å². The molecule has 0 radical (unpaired) electrons. The Kier molecular flexibility index (Phi) is 6.86. The molecule has 0 rings (SSSR count). The first-order chi connectivity index (χ1) is 8.17. The van der Waals surface area contributed by atoms with Crippen molar-refractivity contribution in [2.75, 3.05) is 26.8 Å². The largest absolute Gasteiger partial charge is 0.480 e. The Morgan fingerprint density at radius 1 is 1.39 bits per heavy atom. The number of nitrogens with zero attached hydrogens (tertiary/aromatic N) is 1. The molecular weight excluding hydrogens is 236 g/mol. The molecule has 6 heteroatoms. The van der Waals surface area contributed by atoms with Gasteiger partial charge in [-0.3, -0.25) is 14.5 Å². The zero-order valence-corrected chi connectivity index (χ0v) is 11.8. The second-order valence-electron chi connectivity index (χ2n) is 5.27. The quantitative estimate of drug-likeness (QED) is 0.689. The van der Waals surface area contributed by atoms with Crippen LogP contribution in [0.3, 0.4) is 0 Å². The van der Waals surface area contributed by atoms with Gasteiger partial charge in [0.25, 0.3) is 0 Å². The lowest BCUT2D eigenvalue weighted by Crippen LogP contribution is -2.52. The fourth-order valence-corrected chi connectivity index (χ4v) is 1.43. The Morgan fingerprint density at radius 3 is 2.33 bits per heavy atom. The van der Waals surface area contributed by atoms with Crippen molar-refractivity contribution in [3.8, 4) is 0 Å². The van der Waals surface area contributed by atoms with Gasteiger partial charge in [0.15, 0.2) is 0 Å². The van der Waals surface area contributed by atoms with Gasteiger partial charge in [-0.05, 0) is 27.7 Å². The van der Waals surface area contributed by atoms with Crippen LogP contribution < -0.4 is 5.32 Å². The maximum atomic E-state index is 12.0. The van der Waals surface area contributed by atoms with Gasteiger partial charge in [0, 0.05) is 19.2 Å². The number of carboxylic acid groups (broad SMARTS) is 1. The molecule has 0 aromatic rings. The maximum absolute atomic E-state index is 12.0. The number of ether oxygens (including phenoxy) is 1. The number of amides is 1. The summed E-state index contributed by atoms with van der Waals surface area (Å²) in [5, 5.41) is 11.7. The zero-order chi connectivity index (χ0) is 14.3. The summed E-state index contributed by atoms with van der Waals surface area (Å²) in [5.74, 6) is -1.14. The molecule has 0 fully saturated rings. The third-order valence-corrected chi connectivity index (χ3v) is 2.35. The molecule has 0 bridgehead atoms.